The SMILES string of the molecule is C[C@H]1C[C@@H](CCO)O[C@]12C(=O)N(Cc1cccc(N(C=O)c3ccccc3)c1)c1ccccc12. The smallest absolute Gasteiger partial charge is 0.264 e. The van der Waals surface area contributed by atoms with Crippen molar-refractivity contribution < 1.29 is 19.4 Å². The molecule has 0 bridgehead atoms. The monoisotopic (exact) mass is 456 g/mol. The number of hydrogen-bond donors (Lipinski definition) is 1. The van der Waals surface area contributed by atoms with Crippen LogP contribution in [0.25, 0.3) is 0 Å². The Hall–Kier alpha value is -3.48. The van der Waals surface area contributed by atoms with Gasteiger partial charge in [0.1, 0.15) is 0 Å². The molecule has 1 saturated heterocycles. The highest BCUT2D eigenvalue weighted by molar-refractivity contribution is 6.07. The zero-order chi connectivity index (χ0) is 23.7. The molecule has 2 heterocycles. The molecular formula is C28H28N2O4. The number of nitrogens with zero attached hydrogens (tertiary/aromatic N) is 2. The molecule has 0 radical (unpaired) electrons. The molecular weight excluding hydrogens is 428 g/mol. The molecule has 2 aliphatic heterocycles. The highest BCUT2D eigenvalue weighted by Gasteiger charge is 2.59. The fourth-order valence-corrected chi connectivity index (χ4v) is 5.35. The lowest BCUT2D eigenvalue weighted by atomic mass is 9.83. The van der Waals surface area contributed by atoms with Crippen molar-refractivity contribution in [3.8, 4) is 0 Å². The van der Waals surface area contributed by atoms with E-state index < -0.39 is 5.60 Å². The van der Waals surface area contributed by atoms with Crippen molar-refractivity contribution in [3.63, 3.8) is 0 Å². The van der Waals surface area contributed by atoms with Crippen LogP contribution >= 0.6 is 0 Å². The van der Waals surface area contributed by atoms with Gasteiger partial charge in [0.25, 0.3) is 5.91 Å². The van der Waals surface area contributed by atoms with Crippen molar-refractivity contribution in [2.24, 2.45) is 5.92 Å². The molecule has 3 aromatic carbocycles. The van der Waals surface area contributed by atoms with Gasteiger partial charge in [-0.3, -0.25) is 14.5 Å². The summed E-state index contributed by atoms with van der Waals surface area (Å²) in [5, 5.41) is 9.42. The summed E-state index contributed by atoms with van der Waals surface area (Å²) in [7, 11) is 0. The van der Waals surface area contributed by atoms with Gasteiger partial charge in [-0.2, -0.15) is 0 Å². The molecule has 5 rings (SSSR count). The van der Waals surface area contributed by atoms with Crippen molar-refractivity contribution in [3.05, 3.63) is 90.0 Å². The van der Waals surface area contributed by atoms with Crippen LogP contribution in [-0.4, -0.2) is 30.1 Å². The number of hydrogen-bond acceptors (Lipinski definition) is 4. The van der Waals surface area contributed by atoms with E-state index in [9.17, 15) is 14.7 Å². The summed E-state index contributed by atoms with van der Waals surface area (Å²) in [5.74, 6) is -0.0694. The summed E-state index contributed by atoms with van der Waals surface area (Å²) < 4.78 is 6.40. The van der Waals surface area contributed by atoms with Crippen molar-refractivity contribution >= 4 is 29.4 Å². The Labute approximate surface area is 199 Å². The number of fused-ring (bicyclic) bond motifs is 2. The molecule has 1 fully saturated rings. The van der Waals surface area contributed by atoms with Crippen molar-refractivity contribution in [1.82, 2.24) is 0 Å². The second kappa shape index (κ2) is 9.05. The van der Waals surface area contributed by atoms with Crippen LogP contribution in [0.4, 0.5) is 17.1 Å². The Kier molecular flexibility index (Phi) is 5.94. The van der Waals surface area contributed by atoms with E-state index in [2.05, 4.69) is 6.92 Å². The van der Waals surface area contributed by atoms with Gasteiger partial charge in [0, 0.05) is 29.5 Å². The second-order valence-corrected chi connectivity index (χ2v) is 9.01. The van der Waals surface area contributed by atoms with Gasteiger partial charge >= 0.3 is 0 Å². The first-order chi connectivity index (χ1) is 16.6. The average Bonchev–Trinajstić information content (AvgIpc) is 3.31. The van der Waals surface area contributed by atoms with Gasteiger partial charge in [-0.25, -0.2) is 0 Å². The molecule has 2 aliphatic rings. The highest BCUT2D eigenvalue weighted by Crippen LogP contribution is 2.53. The Bertz CT molecular complexity index is 1200. The first-order valence-corrected chi connectivity index (χ1v) is 11.7. The first-order valence-electron chi connectivity index (χ1n) is 11.7. The lowest BCUT2D eigenvalue weighted by molar-refractivity contribution is -0.146. The highest BCUT2D eigenvalue weighted by atomic mass is 16.5. The van der Waals surface area contributed by atoms with Gasteiger partial charge in [0.15, 0.2) is 5.60 Å². The van der Waals surface area contributed by atoms with E-state index in [1.165, 1.54) is 0 Å². The maximum absolute atomic E-state index is 13.9. The topological polar surface area (TPSA) is 70.1 Å². The zero-order valence-electron chi connectivity index (χ0n) is 19.1. The van der Waals surface area contributed by atoms with E-state index >= 15 is 0 Å². The minimum Gasteiger partial charge on any atom is -0.396 e. The average molecular weight is 457 g/mol. The normalized spacial score (nSPS) is 23.4. The van der Waals surface area contributed by atoms with Gasteiger partial charge in [0.2, 0.25) is 6.41 Å². The number of carbonyl (C=O) groups excluding carboxylic acids is 2. The van der Waals surface area contributed by atoms with Crippen LogP contribution in [0.3, 0.4) is 0 Å². The predicted molar refractivity (Wildman–Crippen MR) is 131 cm³/mol. The molecule has 34 heavy (non-hydrogen) atoms. The van der Waals surface area contributed by atoms with Crippen LogP contribution in [0.1, 0.15) is 30.9 Å². The van der Waals surface area contributed by atoms with E-state index in [0.717, 1.165) is 41.0 Å². The standard InChI is InChI=1S/C28H28N2O4/c1-20-16-24(14-15-31)34-28(20)25-12-5-6-13-26(25)29(27(28)33)18-21-8-7-11-23(17-21)30(19-32)22-9-3-2-4-10-22/h2-13,17,19-20,24,31H,14-16,18H2,1H3/t20-,24+,28+/m0/s1. The lowest BCUT2D eigenvalue weighted by Gasteiger charge is -2.28. The van der Waals surface area contributed by atoms with Gasteiger partial charge in [0.05, 0.1) is 18.3 Å². The minimum absolute atomic E-state index is 0.00216. The molecule has 0 saturated carbocycles. The van der Waals surface area contributed by atoms with Crippen LogP contribution in [0.5, 0.6) is 0 Å². The summed E-state index contributed by atoms with van der Waals surface area (Å²) in [5.41, 5.74) is 3.15. The van der Waals surface area contributed by atoms with Crippen LogP contribution in [0.2, 0.25) is 0 Å². The Balaban J connectivity index is 1.47. The Morgan fingerprint density at radius 2 is 1.79 bits per heavy atom. The molecule has 3 atom stereocenters. The quantitative estimate of drug-likeness (QED) is 0.531. The molecule has 2 amide bonds. The molecule has 3 aromatic rings. The van der Waals surface area contributed by atoms with Gasteiger partial charge in [-0.15, -0.1) is 0 Å². The molecule has 0 unspecified atom stereocenters. The third kappa shape index (κ3) is 3.59. The fraction of sp³-hybridized carbons (Fsp3) is 0.286. The third-order valence-corrected chi connectivity index (χ3v) is 6.94. The molecule has 0 aromatic heterocycles. The first kappa shape index (κ1) is 22.3. The van der Waals surface area contributed by atoms with E-state index in [4.69, 9.17) is 4.74 Å². The van der Waals surface area contributed by atoms with E-state index in [1.807, 2.05) is 78.9 Å². The fourth-order valence-electron chi connectivity index (χ4n) is 5.35. The summed E-state index contributed by atoms with van der Waals surface area (Å²) in [6.45, 7) is 2.46. The number of rotatable bonds is 7. The van der Waals surface area contributed by atoms with Crippen LogP contribution < -0.4 is 9.80 Å². The number of aliphatic hydroxyl groups is 1. The Morgan fingerprint density at radius 1 is 1.06 bits per heavy atom. The summed E-state index contributed by atoms with van der Waals surface area (Å²) in [6, 6.07) is 25.0. The number of ether oxygens (including phenoxy) is 1. The number of aliphatic hydroxyl groups excluding tert-OH is 1. The molecule has 6 heteroatoms. The van der Waals surface area contributed by atoms with Crippen molar-refractivity contribution in [2.75, 3.05) is 16.4 Å². The second-order valence-electron chi connectivity index (χ2n) is 9.01. The van der Waals surface area contributed by atoms with Gasteiger partial charge in [-0.05, 0) is 48.7 Å². The molecule has 6 nitrogen and oxygen atoms in total. The maximum atomic E-state index is 13.9. The lowest BCUT2D eigenvalue weighted by Crippen LogP contribution is -2.43. The van der Waals surface area contributed by atoms with Crippen LogP contribution in [-0.2, 0) is 26.5 Å². The Morgan fingerprint density at radius 3 is 2.56 bits per heavy atom. The predicted octanol–water partition coefficient (Wildman–Crippen LogP) is 4.53. The maximum Gasteiger partial charge on any atom is 0.264 e. The number of para-hydroxylation sites is 2. The van der Waals surface area contributed by atoms with E-state index in [-0.39, 0.29) is 24.5 Å². The van der Waals surface area contributed by atoms with Gasteiger partial charge in [-0.1, -0.05) is 55.5 Å². The summed E-state index contributed by atoms with van der Waals surface area (Å²) in [4.78, 5) is 29.2. The number of anilines is 3. The van der Waals surface area contributed by atoms with Crippen LogP contribution in [0.15, 0.2) is 78.9 Å². The van der Waals surface area contributed by atoms with Crippen molar-refractivity contribution in [1.29, 1.82) is 0 Å². The molecule has 1 N–H and O–H groups in total. The molecule has 1 spiro atoms. The summed E-state index contributed by atoms with van der Waals surface area (Å²) in [6.07, 6.45) is 1.90. The zero-order valence-corrected chi connectivity index (χ0v) is 19.1. The molecule has 0 aliphatic carbocycles. The summed E-state index contributed by atoms with van der Waals surface area (Å²) >= 11 is 0. The number of benzene rings is 3. The minimum atomic E-state index is -1.02. The number of amides is 2. The van der Waals surface area contributed by atoms with E-state index in [1.54, 1.807) is 9.80 Å². The third-order valence-electron chi connectivity index (χ3n) is 6.94. The van der Waals surface area contributed by atoms with Crippen molar-refractivity contribution in [2.45, 2.75) is 38.0 Å². The molecule has 174 valence electrons. The largest absolute Gasteiger partial charge is 0.396 e. The van der Waals surface area contributed by atoms with Gasteiger partial charge < -0.3 is 14.7 Å². The number of carbonyl (C=O) groups is 2. The van der Waals surface area contributed by atoms with E-state index in [0.29, 0.717) is 13.0 Å². The van der Waals surface area contributed by atoms with Crippen LogP contribution in [0, 0.1) is 5.92 Å².